The predicted molar refractivity (Wildman–Crippen MR) is 70.4 cm³/mol. The van der Waals surface area contributed by atoms with E-state index in [1.54, 1.807) is 20.8 Å². The van der Waals surface area contributed by atoms with Gasteiger partial charge in [-0.25, -0.2) is 9.78 Å². The minimum atomic E-state index is -0.751. The van der Waals surface area contributed by atoms with Crippen LogP contribution in [-0.2, 0) is 4.74 Å². The maximum absolute atomic E-state index is 13.4. The molecule has 0 aliphatic carbocycles. The van der Waals surface area contributed by atoms with Crippen LogP contribution < -0.4 is 11.1 Å². The zero-order chi connectivity index (χ0) is 14.6. The van der Waals surface area contributed by atoms with E-state index in [1.807, 2.05) is 0 Å². The Morgan fingerprint density at radius 2 is 2.26 bits per heavy atom. The third-order valence-electron chi connectivity index (χ3n) is 2.10. The highest BCUT2D eigenvalue weighted by Gasteiger charge is 2.18. The molecule has 0 fully saturated rings. The monoisotopic (exact) mass is 289 g/mol. The van der Waals surface area contributed by atoms with Crippen LogP contribution in [0.5, 0.6) is 0 Å². The molecule has 19 heavy (non-hydrogen) atoms. The first kappa shape index (κ1) is 15.7. The van der Waals surface area contributed by atoms with Crippen LogP contribution >= 0.6 is 11.6 Å². The minimum Gasteiger partial charge on any atom is -0.444 e. The van der Waals surface area contributed by atoms with Crippen molar-refractivity contribution < 1.29 is 13.9 Å². The molecule has 0 bridgehead atoms. The maximum Gasteiger partial charge on any atom is 0.407 e. The van der Waals surface area contributed by atoms with E-state index >= 15 is 0 Å². The number of aromatic nitrogens is 1. The maximum atomic E-state index is 13.4. The molecule has 0 saturated carbocycles. The Morgan fingerprint density at radius 1 is 1.63 bits per heavy atom. The third kappa shape index (κ3) is 5.40. The molecule has 5 nitrogen and oxygen atoms in total. The van der Waals surface area contributed by atoms with Gasteiger partial charge in [-0.1, -0.05) is 11.6 Å². The topological polar surface area (TPSA) is 77.2 Å². The van der Waals surface area contributed by atoms with E-state index in [2.05, 4.69) is 10.3 Å². The van der Waals surface area contributed by atoms with Gasteiger partial charge in [0.2, 0.25) is 5.95 Å². The zero-order valence-corrected chi connectivity index (χ0v) is 11.8. The lowest BCUT2D eigenvalue weighted by Crippen LogP contribution is -2.36. The van der Waals surface area contributed by atoms with Crippen molar-refractivity contribution in [1.29, 1.82) is 0 Å². The van der Waals surface area contributed by atoms with Crippen molar-refractivity contribution in [2.45, 2.75) is 32.4 Å². The molecule has 1 unspecified atom stereocenters. The van der Waals surface area contributed by atoms with E-state index in [9.17, 15) is 9.18 Å². The summed E-state index contributed by atoms with van der Waals surface area (Å²) < 4.78 is 18.5. The Hall–Kier alpha value is -1.40. The number of halogens is 2. The quantitative estimate of drug-likeness (QED) is 0.838. The molecule has 3 N–H and O–H groups in total. The summed E-state index contributed by atoms with van der Waals surface area (Å²) in [6, 6.07) is 0.629. The van der Waals surface area contributed by atoms with E-state index in [-0.39, 0.29) is 17.1 Å². The van der Waals surface area contributed by atoms with Gasteiger partial charge in [-0.2, -0.15) is 4.39 Å². The van der Waals surface area contributed by atoms with Gasteiger partial charge in [-0.15, -0.1) is 0 Å². The fraction of sp³-hybridized carbons (Fsp3) is 0.500. The van der Waals surface area contributed by atoms with Crippen molar-refractivity contribution in [2.24, 2.45) is 5.73 Å². The van der Waals surface area contributed by atoms with Gasteiger partial charge >= 0.3 is 6.09 Å². The fourth-order valence-corrected chi connectivity index (χ4v) is 1.48. The Bertz CT molecular complexity index is 463. The number of ether oxygens (including phenoxy) is 1. The molecule has 1 amide bonds. The molecule has 1 heterocycles. The summed E-state index contributed by atoms with van der Waals surface area (Å²) in [4.78, 5) is 14.9. The molecule has 1 aromatic heterocycles. The lowest BCUT2D eigenvalue weighted by atomic mass is 10.1. The highest BCUT2D eigenvalue weighted by Crippen LogP contribution is 2.17. The summed E-state index contributed by atoms with van der Waals surface area (Å²) in [6.45, 7) is 5.25. The molecule has 0 radical (unpaired) electrons. The number of carbonyl (C=O) groups is 1. The van der Waals surface area contributed by atoms with Gasteiger partial charge in [0.05, 0.1) is 11.1 Å². The summed E-state index contributed by atoms with van der Waals surface area (Å²) in [6.07, 6.45) is 0.576. The lowest BCUT2D eigenvalue weighted by molar-refractivity contribution is 0.0524. The van der Waals surface area contributed by atoms with Gasteiger partial charge in [-0.3, -0.25) is 0 Å². The highest BCUT2D eigenvalue weighted by atomic mass is 35.5. The summed E-state index contributed by atoms with van der Waals surface area (Å²) in [5, 5.41) is 2.74. The average Bonchev–Trinajstić information content (AvgIpc) is 2.27. The number of hydrogen-bond donors (Lipinski definition) is 2. The lowest BCUT2D eigenvalue weighted by Gasteiger charge is -2.21. The molecule has 0 spiro atoms. The standard InChI is InChI=1S/C12H17ClFN3O2/c1-12(2,3)19-11(18)17-6-9(15)8-4-7(13)5-16-10(8)14/h4-5,9H,6,15H2,1-3H3,(H,17,18). The number of pyridine rings is 1. The van der Waals surface area contributed by atoms with Gasteiger partial charge in [0, 0.05) is 18.3 Å². The second-order valence-corrected chi connectivity index (χ2v) is 5.46. The predicted octanol–water partition coefficient (Wildman–Crippen LogP) is 2.40. The van der Waals surface area contributed by atoms with E-state index in [1.165, 1.54) is 12.3 Å². The number of alkyl carbamates (subject to hydrolysis) is 1. The van der Waals surface area contributed by atoms with Gasteiger partial charge < -0.3 is 15.8 Å². The highest BCUT2D eigenvalue weighted by molar-refractivity contribution is 6.30. The van der Waals surface area contributed by atoms with Crippen molar-refractivity contribution in [1.82, 2.24) is 10.3 Å². The Labute approximate surface area is 116 Å². The molecule has 0 aliphatic heterocycles. The van der Waals surface area contributed by atoms with Crippen LogP contribution in [0.15, 0.2) is 12.3 Å². The number of nitrogens with two attached hydrogens (primary N) is 1. The Balaban J connectivity index is 2.58. The number of nitrogens with zero attached hydrogens (tertiary/aromatic N) is 1. The molecule has 1 rings (SSSR count). The molecule has 0 saturated heterocycles. The second kappa shape index (κ2) is 6.16. The van der Waals surface area contributed by atoms with E-state index in [0.29, 0.717) is 0 Å². The molecular weight excluding hydrogens is 273 g/mol. The van der Waals surface area contributed by atoms with Crippen LogP contribution in [0.3, 0.4) is 0 Å². The normalized spacial score (nSPS) is 12.9. The summed E-state index contributed by atoms with van der Waals surface area (Å²) in [5.74, 6) is -0.706. The molecule has 7 heteroatoms. The number of rotatable bonds is 3. The van der Waals surface area contributed by atoms with E-state index in [4.69, 9.17) is 22.1 Å². The number of amides is 1. The molecule has 0 aromatic carbocycles. The van der Waals surface area contributed by atoms with Crippen molar-refractivity contribution in [3.63, 3.8) is 0 Å². The van der Waals surface area contributed by atoms with Crippen molar-refractivity contribution in [3.8, 4) is 0 Å². The second-order valence-electron chi connectivity index (χ2n) is 5.02. The largest absolute Gasteiger partial charge is 0.444 e. The molecule has 0 aliphatic rings. The van der Waals surface area contributed by atoms with E-state index in [0.717, 1.165) is 0 Å². The van der Waals surface area contributed by atoms with Gasteiger partial charge in [0.15, 0.2) is 0 Å². The fourth-order valence-electron chi connectivity index (χ4n) is 1.32. The third-order valence-corrected chi connectivity index (χ3v) is 2.30. The van der Waals surface area contributed by atoms with Crippen LogP contribution in [0.4, 0.5) is 9.18 Å². The molecule has 106 valence electrons. The minimum absolute atomic E-state index is 0.0217. The van der Waals surface area contributed by atoms with Gasteiger partial charge in [-0.05, 0) is 26.8 Å². The number of hydrogen-bond acceptors (Lipinski definition) is 4. The average molecular weight is 290 g/mol. The van der Waals surface area contributed by atoms with Gasteiger partial charge in [0.25, 0.3) is 0 Å². The molecular formula is C12H17ClFN3O2. The SMILES string of the molecule is CC(C)(C)OC(=O)NCC(N)c1cc(Cl)cnc1F. The smallest absolute Gasteiger partial charge is 0.407 e. The van der Waals surface area contributed by atoms with Crippen LogP contribution in [0.1, 0.15) is 32.4 Å². The van der Waals surface area contributed by atoms with Crippen LogP contribution in [0, 0.1) is 5.95 Å². The van der Waals surface area contributed by atoms with Crippen molar-refractivity contribution in [2.75, 3.05) is 6.54 Å². The first-order valence-electron chi connectivity index (χ1n) is 5.72. The van der Waals surface area contributed by atoms with Crippen LogP contribution in [0.2, 0.25) is 5.02 Å². The van der Waals surface area contributed by atoms with Gasteiger partial charge in [0.1, 0.15) is 5.60 Å². The van der Waals surface area contributed by atoms with E-state index < -0.39 is 23.7 Å². The summed E-state index contributed by atoms with van der Waals surface area (Å²) >= 11 is 5.71. The van der Waals surface area contributed by atoms with Crippen molar-refractivity contribution >= 4 is 17.7 Å². The van der Waals surface area contributed by atoms with Crippen LogP contribution in [-0.4, -0.2) is 23.2 Å². The number of carbonyl (C=O) groups excluding carboxylic acids is 1. The summed E-state index contributed by atoms with van der Waals surface area (Å²) in [5.41, 5.74) is 5.31. The first-order valence-corrected chi connectivity index (χ1v) is 6.10. The number of nitrogens with one attached hydrogen (secondary N) is 1. The zero-order valence-electron chi connectivity index (χ0n) is 11.0. The van der Waals surface area contributed by atoms with Crippen molar-refractivity contribution in [3.05, 3.63) is 28.8 Å². The Kier molecular flexibility index (Phi) is 5.08. The molecule has 1 aromatic rings. The molecule has 1 atom stereocenters. The Morgan fingerprint density at radius 3 is 2.84 bits per heavy atom. The summed E-state index contributed by atoms with van der Waals surface area (Å²) in [7, 11) is 0. The first-order chi connectivity index (χ1) is 8.69. The van der Waals surface area contributed by atoms with Crippen LogP contribution in [0.25, 0.3) is 0 Å².